The molecule has 0 saturated heterocycles. The minimum atomic E-state index is -0.456. The van der Waals surface area contributed by atoms with E-state index in [1.807, 2.05) is 13.8 Å². The standard InChI is InChI=1S/C13H16N4O3/c1-8(2)12(6-18)16-13-10-5-9(17(19)20)3-4-11(10)14-7-15-13/h3-5,7-8,12,18H,6H2,1-2H3,(H,14,15,16). The zero-order chi connectivity index (χ0) is 14.7. The van der Waals surface area contributed by atoms with Crippen molar-refractivity contribution in [2.75, 3.05) is 11.9 Å². The number of nitrogens with one attached hydrogen (secondary N) is 1. The minimum absolute atomic E-state index is 0.0135. The Morgan fingerprint density at radius 3 is 2.75 bits per heavy atom. The number of fused-ring (bicyclic) bond motifs is 1. The Labute approximate surface area is 115 Å². The van der Waals surface area contributed by atoms with Gasteiger partial charge in [-0.1, -0.05) is 13.8 Å². The number of anilines is 1. The first kappa shape index (κ1) is 14.1. The number of aliphatic hydroxyl groups is 1. The van der Waals surface area contributed by atoms with E-state index in [1.165, 1.54) is 18.5 Å². The van der Waals surface area contributed by atoms with E-state index in [1.54, 1.807) is 6.07 Å². The maximum Gasteiger partial charge on any atom is 0.270 e. The molecule has 1 aromatic heterocycles. The molecule has 0 spiro atoms. The fourth-order valence-corrected chi connectivity index (χ4v) is 1.87. The topological polar surface area (TPSA) is 101 Å². The molecule has 20 heavy (non-hydrogen) atoms. The van der Waals surface area contributed by atoms with Crippen LogP contribution in [0.4, 0.5) is 11.5 Å². The number of nitro benzene ring substituents is 1. The van der Waals surface area contributed by atoms with Crippen LogP contribution in [0.25, 0.3) is 10.9 Å². The van der Waals surface area contributed by atoms with Crippen LogP contribution in [0.2, 0.25) is 0 Å². The molecule has 2 aromatic rings. The summed E-state index contributed by atoms with van der Waals surface area (Å²) in [5, 5.41) is 23.9. The third kappa shape index (κ3) is 2.83. The first-order valence-corrected chi connectivity index (χ1v) is 6.29. The lowest BCUT2D eigenvalue weighted by Crippen LogP contribution is -2.29. The smallest absolute Gasteiger partial charge is 0.270 e. The zero-order valence-electron chi connectivity index (χ0n) is 11.3. The summed E-state index contributed by atoms with van der Waals surface area (Å²) < 4.78 is 0. The van der Waals surface area contributed by atoms with Crippen molar-refractivity contribution < 1.29 is 10.0 Å². The number of aliphatic hydroxyl groups excluding tert-OH is 1. The van der Waals surface area contributed by atoms with Crippen LogP contribution in [0.15, 0.2) is 24.5 Å². The Kier molecular flexibility index (Phi) is 4.09. The fraction of sp³-hybridized carbons (Fsp3) is 0.385. The average molecular weight is 276 g/mol. The van der Waals surface area contributed by atoms with E-state index in [4.69, 9.17) is 0 Å². The van der Waals surface area contributed by atoms with Gasteiger partial charge in [-0.05, 0) is 12.0 Å². The molecule has 106 valence electrons. The second-order valence-electron chi connectivity index (χ2n) is 4.86. The summed E-state index contributed by atoms with van der Waals surface area (Å²) in [6.07, 6.45) is 1.39. The third-order valence-corrected chi connectivity index (χ3v) is 3.15. The number of nitrogens with zero attached hydrogens (tertiary/aromatic N) is 3. The molecule has 2 N–H and O–H groups in total. The number of nitro groups is 1. The van der Waals surface area contributed by atoms with Gasteiger partial charge in [0.1, 0.15) is 12.1 Å². The molecule has 0 fully saturated rings. The van der Waals surface area contributed by atoms with Gasteiger partial charge in [0.25, 0.3) is 5.69 Å². The Hall–Kier alpha value is -2.28. The highest BCUT2D eigenvalue weighted by Gasteiger charge is 2.16. The molecule has 0 amide bonds. The summed E-state index contributed by atoms with van der Waals surface area (Å²) in [5.41, 5.74) is 0.606. The Morgan fingerprint density at radius 1 is 1.40 bits per heavy atom. The predicted octanol–water partition coefficient (Wildman–Crippen LogP) is 1.97. The minimum Gasteiger partial charge on any atom is -0.394 e. The van der Waals surface area contributed by atoms with Gasteiger partial charge in [-0.2, -0.15) is 0 Å². The maximum absolute atomic E-state index is 10.8. The van der Waals surface area contributed by atoms with Crippen molar-refractivity contribution in [3.63, 3.8) is 0 Å². The van der Waals surface area contributed by atoms with Crippen molar-refractivity contribution in [1.82, 2.24) is 9.97 Å². The first-order chi connectivity index (χ1) is 9.52. The van der Waals surface area contributed by atoms with Crippen LogP contribution in [-0.4, -0.2) is 32.6 Å². The molecule has 0 aliphatic heterocycles. The number of rotatable bonds is 5. The SMILES string of the molecule is CC(C)C(CO)Nc1ncnc2ccc([N+](=O)[O-])cc12. The second kappa shape index (κ2) is 5.79. The summed E-state index contributed by atoms with van der Waals surface area (Å²) >= 11 is 0. The van der Waals surface area contributed by atoms with Gasteiger partial charge in [-0.15, -0.1) is 0 Å². The molecule has 1 unspecified atom stereocenters. The molecule has 0 aliphatic rings. The molecular weight excluding hydrogens is 260 g/mol. The molecule has 1 heterocycles. The summed E-state index contributed by atoms with van der Waals surface area (Å²) in [6, 6.07) is 4.26. The summed E-state index contributed by atoms with van der Waals surface area (Å²) in [6.45, 7) is 3.90. The second-order valence-corrected chi connectivity index (χ2v) is 4.86. The highest BCUT2D eigenvalue weighted by atomic mass is 16.6. The van der Waals surface area contributed by atoms with Gasteiger partial charge in [0.05, 0.1) is 23.1 Å². The van der Waals surface area contributed by atoms with Crippen LogP contribution in [0, 0.1) is 16.0 Å². The van der Waals surface area contributed by atoms with Crippen LogP contribution in [0.5, 0.6) is 0 Å². The largest absolute Gasteiger partial charge is 0.394 e. The van der Waals surface area contributed by atoms with E-state index in [2.05, 4.69) is 15.3 Å². The van der Waals surface area contributed by atoms with Crippen LogP contribution in [-0.2, 0) is 0 Å². The number of benzene rings is 1. The normalized spacial score (nSPS) is 12.6. The predicted molar refractivity (Wildman–Crippen MR) is 75.5 cm³/mol. The van der Waals surface area contributed by atoms with E-state index >= 15 is 0 Å². The van der Waals surface area contributed by atoms with Crippen molar-refractivity contribution in [2.24, 2.45) is 5.92 Å². The van der Waals surface area contributed by atoms with E-state index in [0.717, 1.165) is 0 Å². The molecule has 0 saturated carbocycles. The van der Waals surface area contributed by atoms with Crippen molar-refractivity contribution in [1.29, 1.82) is 0 Å². The highest BCUT2D eigenvalue weighted by molar-refractivity contribution is 5.90. The lowest BCUT2D eigenvalue weighted by atomic mass is 10.1. The quantitative estimate of drug-likeness (QED) is 0.639. The van der Waals surface area contributed by atoms with Crippen LogP contribution < -0.4 is 5.32 Å². The number of hydrogen-bond acceptors (Lipinski definition) is 6. The van der Waals surface area contributed by atoms with Crippen molar-refractivity contribution in [3.05, 3.63) is 34.6 Å². The van der Waals surface area contributed by atoms with Gasteiger partial charge in [0, 0.05) is 17.5 Å². The molecule has 0 aliphatic carbocycles. The fourth-order valence-electron chi connectivity index (χ4n) is 1.87. The molecule has 0 radical (unpaired) electrons. The van der Waals surface area contributed by atoms with E-state index < -0.39 is 4.92 Å². The van der Waals surface area contributed by atoms with Crippen molar-refractivity contribution in [2.45, 2.75) is 19.9 Å². The summed E-state index contributed by atoms with van der Waals surface area (Å²) in [5.74, 6) is 0.690. The lowest BCUT2D eigenvalue weighted by Gasteiger charge is -2.21. The first-order valence-electron chi connectivity index (χ1n) is 6.29. The molecule has 7 heteroatoms. The van der Waals surface area contributed by atoms with Gasteiger partial charge < -0.3 is 10.4 Å². The lowest BCUT2D eigenvalue weighted by molar-refractivity contribution is -0.384. The highest BCUT2D eigenvalue weighted by Crippen LogP contribution is 2.25. The molecule has 7 nitrogen and oxygen atoms in total. The molecule has 1 atom stereocenters. The Bertz CT molecular complexity index is 630. The Balaban J connectivity index is 2.46. The van der Waals surface area contributed by atoms with Crippen LogP contribution in [0.3, 0.4) is 0 Å². The maximum atomic E-state index is 10.8. The van der Waals surface area contributed by atoms with Crippen LogP contribution >= 0.6 is 0 Å². The van der Waals surface area contributed by atoms with Crippen molar-refractivity contribution >= 4 is 22.4 Å². The van der Waals surface area contributed by atoms with Gasteiger partial charge in [-0.25, -0.2) is 9.97 Å². The van der Waals surface area contributed by atoms with Crippen molar-refractivity contribution in [3.8, 4) is 0 Å². The van der Waals surface area contributed by atoms with Gasteiger partial charge in [-0.3, -0.25) is 10.1 Å². The number of non-ortho nitro benzene ring substituents is 1. The van der Waals surface area contributed by atoms with Gasteiger partial charge >= 0.3 is 0 Å². The number of hydrogen-bond donors (Lipinski definition) is 2. The van der Waals surface area contributed by atoms with E-state index in [9.17, 15) is 15.2 Å². The summed E-state index contributed by atoms with van der Waals surface area (Å²) in [7, 11) is 0. The van der Waals surface area contributed by atoms with E-state index in [-0.39, 0.29) is 24.3 Å². The molecule has 1 aromatic carbocycles. The Morgan fingerprint density at radius 2 is 2.15 bits per heavy atom. The average Bonchev–Trinajstić information content (AvgIpc) is 2.43. The van der Waals surface area contributed by atoms with Gasteiger partial charge in [0.2, 0.25) is 0 Å². The van der Waals surface area contributed by atoms with E-state index in [0.29, 0.717) is 16.7 Å². The molecule has 0 bridgehead atoms. The zero-order valence-corrected chi connectivity index (χ0v) is 11.3. The monoisotopic (exact) mass is 276 g/mol. The van der Waals surface area contributed by atoms with Gasteiger partial charge in [0.15, 0.2) is 0 Å². The molecule has 2 rings (SSSR count). The summed E-state index contributed by atoms with van der Waals surface area (Å²) in [4.78, 5) is 18.6. The molecular formula is C13H16N4O3. The number of aromatic nitrogens is 2. The third-order valence-electron chi connectivity index (χ3n) is 3.15. The van der Waals surface area contributed by atoms with Crippen LogP contribution in [0.1, 0.15) is 13.8 Å².